The summed E-state index contributed by atoms with van der Waals surface area (Å²) in [6.45, 7) is 0. The van der Waals surface area contributed by atoms with Crippen LogP contribution in [0, 0.1) is 0 Å². The second-order valence-electron chi connectivity index (χ2n) is 15.3. The van der Waals surface area contributed by atoms with Gasteiger partial charge in [-0.15, -0.1) is 11.3 Å². The average Bonchev–Trinajstić information content (AvgIpc) is 3.85. The van der Waals surface area contributed by atoms with Gasteiger partial charge in [-0.3, -0.25) is 0 Å². The summed E-state index contributed by atoms with van der Waals surface area (Å²) in [5.41, 5.74) is 11.8. The molecule has 12 aromatic rings. The molecule has 59 heavy (non-hydrogen) atoms. The van der Waals surface area contributed by atoms with Crippen molar-refractivity contribution < 1.29 is 0 Å². The maximum absolute atomic E-state index is 2.47. The number of para-hydroxylation sites is 1. The monoisotopic (exact) mass is 768 g/mol. The summed E-state index contributed by atoms with van der Waals surface area (Å²) < 4.78 is 5.01. The summed E-state index contributed by atoms with van der Waals surface area (Å²) in [6, 6.07) is 80.1. The van der Waals surface area contributed by atoms with Crippen molar-refractivity contribution in [1.29, 1.82) is 0 Å². The Hall–Kier alpha value is -7.46. The van der Waals surface area contributed by atoms with E-state index in [9.17, 15) is 0 Å². The lowest BCUT2D eigenvalue weighted by atomic mass is 9.98. The zero-order chi connectivity index (χ0) is 38.9. The number of thiophene rings is 1. The fourth-order valence-corrected chi connectivity index (χ4v) is 10.3. The van der Waals surface area contributed by atoms with Crippen LogP contribution in [0.2, 0.25) is 0 Å². The first kappa shape index (κ1) is 33.7. The summed E-state index contributed by atoms with van der Waals surface area (Å²) in [5.74, 6) is 0. The van der Waals surface area contributed by atoms with Gasteiger partial charge in [0, 0.05) is 43.3 Å². The second-order valence-corrected chi connectivity index (χ2v) is 16.4. The molecule has 2 aromatic heterocycles. The molecule has 0 saturated carbocycles. The summed E-state index contributed by atoms with van der Waals surface area (Å²) in [5, 5.41) is 9.96. The molecule has 0 aliphatic heterocycles. The first-order valence-corrected chi connectivity index (χ1v) is 21.0. The number of anilines is 3. The van der Waals surface area contributed by atoms with Crippen LogP contribution in [0.3, 0.4) is 0 Å². The number of fused-ring (bicyclic) bond motifs is 8. The molecule has 276 valence electrons. The molecular weight excluding hydrogens is 733 g/mol. The molecule has 0 atom stereocenters. The Labute approximate surface area is 346 Å². The molecule has 0 bridgehead atoms. The van der Waals surface area contributed by atoms with Crippen molar-refractivity contribution >= 4 is 91.9 Å². The van der Waals surface area contributed by atoms with Crippen LogP contribution >= 0.6 is 11.3 Å². The number of aromatic nitrogens is 1. The van der Waals surface area contributed by atoms with Gasteiger partial charge >= 0.3 is 0 Å². The lowest BCUT2D eigenvalue weighted by Gasteiger charge is -2.27. The van der Waals surface area contributed by atoms with E-state index in [1.54, 1.807) is 0 Å². The highest BCUT2D eigenvalue weighted by Gasteiger charge is 2.22. The third kappa shape index (κ3) is 5.55. The third-order valence-corrected chi connectivity index (χ3v) is 13.1. The van der Waals surface area contributed by atoms with Crippen LogP contribution in [0.1, 0.15) is 0 Å². The van der Waals surface area contributed by atoms with Crippen LogP contribution in [0.4, 0.5) is 17.1 Å². The molecule has 2 heterocycles. The normalized spacial score (nSPS) is 11.7. The molecule has 0 N–H and O–H groups in total. The van der Waals surface area contributed by atoms with Gasteiger partial charge in [-0.2, -0.15) is 0 Å². The summed E-state index contributed by atoms with van der Waals surface area (Å²) in [6.07, 6.45) is 0. The molecule has 10 aromatic carbocycles. The topological polar surface area (TPSA) is 8.17 Å². The highest BCUT2D eigenvalue weighted by Crippen LogP contribution is 2.48. The van der Waals surface area contributed by atoms with E-state index in [4.69, 9.17) is 0 Å². The van der Waals surface area contributed by atoms with E-state index in [1.807, 2.05) is 11.3 Å². The molecule has 0 saturated heterocycles. The van der Waals surface area contributed by atoms with Crippen molar-refractivity contribution in [2.24, 2.45) is 0 Å². The van der Waals surface area contributed by atoms with E-state index in [-0.39, 0.29) is 0 Å². The second kappa shape index (κ2) is 13.6. The van der Waals surface area contributed by atoms with Gasteiger partial charge in [0.1, 0.15) is 0 Å². The first-order chi connectivity index (χ1) is 29.2. The van der Waals surface area contributed by atoms with E-state index in [0.29, 0.717) is 0 Å². The van der Waals surface area contributed by atoms with Gasteiger partial charge in [-0.1, -0.05) is 158 Å². The molecule has 0 radical (unpaired) electrons. The van der Waals surface area contributed by atoms with Crippen molar-refractivity contribution in [1.82, 2.24) is 4.57 Å². The van der Waals surface area contributed by atoms with E-state index < -0.39 is 0 Å². The van der Waals surface area contributed by atoms with E-state index in [1.165, 1.54) is 85.8 Å². The highest BCUT2D eigenvalue weighted by molar-refractivity contribution is 7.26. The van der Waals surface area contributed by atoms with Crippen molar-refractivity contribution in [2.75, 3.05) is 4.90 Å². The summed E-state index contributed by atoms with van der Waals surface area (Å²) in [4.78, 5) is 2.47. The Balaban J connectivity index is 1.12. The van der Waals surface area contributed by atoms with Gasteiger partial charge < -0.3 is 9.47 Å². The van der Waals surface area contributed by atoms with Crippen LogP contribution in [-0.2, 0) is 0 Å². The van der Waals surface area contributed by atoms with Gasteiger partial charge in [0.2, 0.25) is 0 Å². The molecule has 12 rings (SSSR count). The average molecular weight is 769 g/mol. The predicted molar refractivity (Wildman–Crippen MR) is 254 cm³/mol. The van der Waals surface area contributed by atoms with Gasteiger partial charge in [0.25, 0.3) is 0 Å². The van der Waals surface area contributed by atoms with Crippen molar-refractivity contribution in [3.05, 3.63) is 218 Å². The predicted octanol–water partition coefficient (Wildman–Crippen LogP) is 16.3. The Bertz CT molecular complexity index is 3550. The van der Waals surface area contributed by atoms with Crippen LogP contribution in [0.25, 0.3) is 91.5 Å². The third-order valence-electron chi connectivity index (χ3n) is 11.9. The minimum absolute atomic E-state index is 1.11. The van der Waals surface area contributed by atoms with Crippen LogP contribution in [-0.4, -0.2) is 4.57 Å². The zero-order valence-corrected chi connectivity index (χ0v) is 32.9. The minimum Gasteiger partial charge on any atom is -0.309 e. The van der Waals surface area contributed by atoms with Crippen LogP contribution in [0.15, 0.2) is 218 Å². The zero-order valence-electron chi connectivity index (χ0n) is 32.1. The van der Waals surface area contributed by atoms with Gasteiger partial charge in [0.05, 0.1) is 21.4 Å². The summed E-state index contributed by atoms with van der Waals surface area (Å²) in [7, 11) is 0. The van der Waals surface area contributed by atoms with Crippen LogP contribution in [0.5, 0.6) is 0 Å². The SMILES string of the molecule is c1ccc(-c2ccc3c(c2)c2ccccc2n3-c2cc(N(c3ccc(-c4cccc5ccccc45)cc3)c3ccc4ccccc4c3)c3sc4ccccc4c3c2)cc1. The Kier molecular flexibility index (Phi) is 7.75. The number of hydrogen-bond acceptors (Lipinski definition) is 2. The minimum atomic E-state index is 1.11. The fraction of sp³-hybridized carbons (Fsp3) is 0. The quantitative estimate of drug-likeness (QED) is 0.164. The van der Waals surface area contributed by atoms with Crippen molar-refractivity contribution in [3.63, 3.8) is 0 Å². The molecule has 0 aliphatic rings. The first-order valence-electron chi connectivity index (χ1n) is 20.2. The molecule has 2 nitrogen and oxygen atoms in total. The van der Waals surface area contributed by atoms with Crippen LogP contribution < -0.4 is 4.90 Å². The van der Waals surface area contributed by atoms with E-state index in [0.717, 1.165) is 22.7 Å². The van der Waals surface area contributed by atoms with Crippen molar-refractivity contribution in [2.45, 2.75) is 0 Å². The van der Waals surface area contributed by atoms with Gasteiger partial charge in [-0.05, 0) is 104 Å². The molecule has 0 fully saturated rings. The number of rotatable bonds is 6. The lowest BCUT2D eigenvalue weighted by Crippen LogP contribution is -2.11. The number of hydrogen-bond donors (Lipinski definition) is 0. The standard InChI is InChI=1S/C56H36N2S/c1-2-13-37(14-3-1)42-28-32-53-50(34-42)48-20-8-10-23-52(48)58(53)45-35-51-49-21-9-11-24-55(49)59-56(51)54(36-45)57(44-31-25-38-15-4-5-17-41(38)33-44)43-29-26-40(27-30-43)47-22-12-18-39-16-6-7-19-46(39)47/h1-36H. The molecule has 0 unspecified atom stereocenters. The number of nitrogens with zero attached hydrogens (tertiary/aromatic N) is 2. The summed E-state index contributed by atoms with van der Waals surface area (Å²) >= 11 is 1.87. The van der Waals surface area contributed by atoms with Gasteiger partial charge in [0.15, 0.2) is 0 Å². The molecule has 3 heteroatoms. The molecular formula is C56H36N2S. The fourth-order valence-electron chi connectivity index (χ4n) is 9.16. The molecule has 0 amide bonds. The van der Waals surface area contributed by atoms with Crippen molar-refractivity contribution in [3.8, 4) is 27.9 Å². The Morgan fingerprint density at radius 1 is 0.356 bits per heavy atom. The number of benzene rings is 10. The lowest BCUT2D eigenvalue weighted by molar-refractivity contribution is 1.18. The van der Waals surface area contributed by atoms with E-state index >= 15 is 0 Å². The smallest absolute Gasteiger partial charge is 0.0661 e. The molecule has 0 spiro atoms. The maximum atomic E-state index is 2.47. The largest absolute Gasteiger partial charge is 0.309 e. The maximum Gasteiger partial charge on any atom is 0.0661 e. The van der Waals surface area contributed by atoms with E-state index in [2.05, 4.69) is 228 Å². The molecule has 0 aliphatic carbocycles. The Morgan fingerprint density at radius 3 is 1.88 bits per heavy atom. The Morgan fingerprint density at radius 2 is 1.02 bits per heavy atom. The highest BCUT2D eigenvalue weighted by atomic mass is 32.1. The van der Waals surface area contributed by atoms with Gasteiger partial charge in [-0.25, -0.2) is 0 Å².